The standard InChI is InChI=1S/C12H11BrF2N2O3/c13-6-4-8(15)9(5-7(6)14)16-11(20)17-12(10(18)19)2-1-3-12/h4-5H,1-3H2,(H,18,19)(H2,16,17,20). The lowest BCUT2D eigenvalue weighted by molar-refractivity contribution is -0.148. The number of carboxylic acid groups (broad SMARTS) is 1. The van der Waals surface area contributed by atoms with E-state index < -0.39 is 29.2 Å². The average Bonchev–Trinajstić information content (AvgIpc) is 2.30. The molecule has 5 nitrogen and oxygen atoms in total. The number of halogens is 3. The molecule has 20 heavy (non-hydrogen) atoms. The SMILES string of the molecule is O=C(Nc1cc(F)c(Br)cc1F)NC1(C(=O)O)CCC1. The van der Waals surface area contributed by atoms with Crippen LogP contribution < -0.4 is 10.6 Å². The van der Waals surface area contributed by atoms with Gasteiger partial charge in [0.05, 0.1) is 10.2 Å². The zero-order chi connectivity index (χ0) is 14.9. The molecule has 2 amide bonds. The van der Waals surface area contributed by atoms with E-state index in [1.165, 1.54) is 0 Å². The maximum absolute atomic E-state index is 13.5. The van der Waals surface area contributed by atoms with Crippen LogP contribution in [0.3, 0.4) is 0 Å². The van der Waals surface area contributed by atoms with Crippen molar-refractivity contribution in [1.82, 2.24) is 5.32 Å². The Labute approximate surface area is 121 Å². The summed E-state index contributed by atoms with van der Waals surface area (Å²) in [5.74, 6) is -2.70. The highest BCUT2D eigenvalue weighted by Crippen LogP contribution is 2.32. The number of aliphatic carboxylic acids is 1. The molecule has 108 valence electrons. The molecule has 0 aliphatic heterocycles. The van der Waals surface area contributed by atoms with Gasteiger partial charge < -0.3 is 15.7 Å². The van der Waals surface area contributed by atoms with Crippen molar-refractivity contribution < 1.29 is 23.5 Å². The van der Waals surface area contributed by atoms with E-state index in [9.17, 15) is 18.4 Å². The second kappa shape index (κ2) is 5.35. The molecule has 0 unspecified atom stereocenters. The number of benzene rings is 1. The first-order valence-electron chi connectivity index (χ1n) is 5.81. The molecule has 0 atom stereocenters. The Bertz CT molecular complexity index is 576. The van der Waals surface area contributed by atoms with E-state index in [0.717, 1.165) is 12.1 Å². The molecule has 8 heteroatoms. The Morgan fingerprint density at radius 3 is 2.40 bits per heavy atom. The number of anilines is 1. The van der Waals surface area contributed by atoms with Gasteiger partial charge in [-0.2, -0.15) is 0 Å². The van der Waals surface area contributed by atoms with E-state index in [0.29, 0.717) is 19.3 Å². The van der Waals surface area contributed by atoms with Crippen molar-refractivity contribution in [2.24, 2.45) is 0 Å². The fourth-order valence-corrected chi connectivity index (χ4v) is 2.23. The second-order valence-corrected chi connectivity index (χ2v) is 5.42. The van der Waals surface area contributed by atoms with E-state index in [1.54, 1.807) is 0 Å². The molecular weight excluding hydrogens is 338 g/mol. The lowest BCUT2D eigenvalue weighted by atomic mass is 9.77. The highest BCUT2D eigenvalue weighted by atomic mass is 79.9. The Kier molecular flexibility index (Phi) is 3.94. The van der Waals surface area contributed by atoms with E-state index in [1.807, 2.05) is 0 Å². The van der Waals surface area contributed by atoms with Gasteiger partial charge in [-0.1, -0.05) is 0 Å². The van der Waals surface area contributed by atoms with Gasteiger partial charge in [-0.3, -0.25) is 0 Å². The van der Waals surface area contributed by atoms with Crippen LogP contribution in [0.5, 0.6) is 0 Å². The first-order chi connectivity index (χ1) is 9.34. The molecule has 1 aromatic carbocycles. The zero-order valence-corrected chi connectivity index (χ0v) is 11.8. The van der Waals surface area contributed by atoms with Crippen LogP contribution in [-0.2, 0) is 4.79 Å². The number of urea groups is 1. The molecule has 0 aromatic heterocycles. The minimum absolute atomic E-state index is 0.0676. The van der Waals surface area contributed by atoms with Crippen molar-refractivity contribution in [2.45, 2.75) is 24.8 Å². The summed E-state index contributed by atoms with van der Waals surface area (Å²) in [5, 5.41) is 13.4. The summed E-state index contributed by atoms with van der Waals surface area (Å²) in [6.45, 7) is 0. The second-order valence-electron chi connectivity index (χ2n) is 4.57. The Morgan fingerprint density at radius 1 is 1.25 bits per heavy atom. The summed E-state index contributed by atoms with van der Waals surface area (Å²) in [5.41, 5.74) is -1.67. The molecule has 0 spiro atoms. The highest BCUT2D eigenvalue weighted by Gasteiger charge is 2.45. The number of nitrogens with one attached hydrogen (secondary N) is 2. The lowest BCUT2D eigenvalue weighted by Gasteiger charge is -2.38. The predicted octanol–water partition coefficient (Wildman–Crippen LogP) is 2.86. The third kappa shape index (κ3) is 2.74. The molecule has 1 fully saturated rings. The maximum Gasteiger partial charge on any atom is 0.329 e. The Balaban J connectivity index is 2.09. The molecular formula is C12H11BrF2N2O3. The smallest absolute Gasteiger partial charge is 0.329 e. The minimum Gasteiger partial charge on any atom is -0.480 e. The molecule has 1 aliphatic carbocycles. The first kappa shape index (κ1) is 14.7. The zero-order valence-electron chi connectivity index (χ0n) is 10.2. The van der Waals surface area contributed by atoms with Crippen molar-refractivity contribution in [3.05, 3.63) is 28.2 Å². The van der Waals surface area contributed by atoms with Gasteiger partial charge in [0.1, 0.15) is 17.2 Å². The molecule has 3 N–H and O–H groups in total. The van der Waals surface area contributed by atoms with Crippen LogP contribution in [0.25, 0.3) is 0 Å². The van der Waals surface area contributed by atoms with Crippen LogP contribution in [-0.4, -0.2) is 22.6 Å². The monoisotopic (exact) mass is 348 g/mol. The number of carbonyl (C=O) groups excluding carboxylic acids is 1. The molecule has 0 radical (unpaired) electrons. The van der Waals surface area contributed by atoms with E-state index >= 15 is 0 Å². The van der Waals surface area contributed by atoms with Crippen LogP contribution in [0.2, 0.25) is 0 Å². The summed E-state index contributed by atoms with van der Waals surface area (Å²) in [6, 6.07) is 0.807. The summed E-state index contributed by atoms with van der Waals surface area (Å²) in [7, 11) is 0. The van der Waals surface area contributed by atoms with Gasteiger partial charge in [-0.25, -0.2) is 18.4 Å². The van der Waals surface area contributed by atoms with E-state index in [4.69, 9.17) is 5.11 Å². The Morgan fingerprint density at radius 2 is 1.90 bits per heavy atom. The van der Waals surface area contributed by atoms with Crippen LogP contribution >= 0.6 is 15.9 Å². The first-order valence-corrected chi connectivity index (χ1v) is 6.60. The van der Waals surface area contributed by atoms with Crippen LogP contribution in [0.15, 0.2) is 16.6 Å². The lowest BCUT2D eigenvalue weighted by Crippen LogP contribution is -2.60. The average molecular weight is 349 g/mol. The fourth-order valence-electron chi connectivity index (χ4n) is 1.91. The topological polar surface area (TPSA) is 78.4 Å². The van der Waals surface area contributed by atoms with Gasteiger partial charge >= 0.3 is 12.0 Å². The molecule has 0 heterocycles. The third-order valence-corrected chi connectivity index (χ3v) is 3.84. The molecule has 1 aliphatic rings. The third-order valence-electron chi connectivity index (χ3n) is 3.23. The van der Waals surface area contributed by atoms with Gasteiger partial charge in [0.25, 0.3) is 0 Å². The van der Waals surface area contributed by atoms with Crippen molar-refractivity contribution in [1.29, 1.82) is 0 Å². The largest absolute Gasteiger partial charge is 0.480 e. The Hall–Kier alpha value is -1.70. The van der Waals surface area contributed by atoms with Gasteiger partial charge in [-0.15, -0.1) is 0 Å². The van der Waals surface area contributed by atoms with Crippen LogP contribution in [0.4, 0.5) is 19.3 Å². The molecule has 1 aromatic rings. The number of carboxylic acids is 1. The summed E-state index contributed by atoms with van der Waals surface area (Å²) < 4.78 is 26.7. The van der Waals surface area contributed by atoms with Crippen molar-refractivity contribution in [2.75, 3.05) is 5.32 Å². The number of hydrogen-bond donors (Lipinski definition) is 3. The summed E-state index contributed by atoms with van der Waals surface area (Å²) >= 11 is 2.81. The molecule has 0 bridgehead atoms. The van der Waals surface area contributed by atoms with Gasteiger partial charge in [0.2, 0.25) is 0 Å². The number of hydrogen-bond acceptors (Lipinski definition) is 2. The maximum atomic E-state index is 13.5. The van der Waals surface area contributed by atoms with Gasteiger partial charge in [-0.05, 0) is 41.3 Å². The summed E-state index contributed by atoms with van der Waals surface area (Å²) in [6.07, 6.45) is 1.31. The highest BCUT2D eigenvalue weighted by molar-refractivity contribution is 9.10. The van der Waals surface area contributed by atoms with Crippen molar-refractivity contribution in [3.63, 3.8) is 0 Å². The van der Waals surface area contributed by atoms with Gasteiger partial charge in [0, 0.05) is 6.07 Å². The van der Waals surface area contributed by atoms with Crippen LogP contribution in [0.1, 0.15) is 19.3 Å². The number of rotatable bonds is 3. The minimum atomic E-state index is -1.31. The van der Waals surface area contributed by atoms with Crippen molar-refractivity contribution >= 4 is 33.6 Å². The number of carbonyl (C=O) groups is 2. The molecule has 2 rings (SSSR count). The normalized spacial score (nSPS) is 16.1. The van der Waals surface area contributed by atoms with Crippen molar-refractivity contribution in [3.8, 4) is 0 Å². The quantitative estimate of drug-likeness (QED) is 0.735. The van der Waals surface area contributed by atoms with Crippen LogP contribution in [0, 0.1) is 11.6 Å². The fraction of sp³-hybridized carbons (Fsp3) is 0.333. The van der Waals surface area contributed by atoms with Gasteiger partial charge in [0.15, 0.2) is 0 Å². The molecule has 1 saturated carbocycles. The summed E-state index contributed by atoms with van der Waals surface area (Å²) in [4.78, 5) is 22.8. The predicted molar refractivity (Wildman–Crippen MR) is 70.4 cm³/mol. The van der Waals surface area contributed by atoms with E-state index in [-0.39, 0.29) is 10.2 Å². The number of amides is 2. The van der Waals surface area contributed by atoms with E-state index in [2.05, 4.69) is 26.6 Å². The molecule has 0 saturated heterocycles.